The van der Waals surface area contributed by atoms with E-state index in [4.69, 9.17) is 39.7 Å². The van der Waals surface area contributed by atoms with Gasteiger partial charge in [-0.2, -0.15) is 27.1 Å². The van der Waals surface area contributed by atoms with Gasteiger partial charge in [-0.25, -0.2) is 0 Å². The van der Waals surface area contributed by atoms with E-state index >= 15 is 0 Å². The van der Waals surface area contributed by atoms with Crippen molar-refractivity contribution >= 4 is 77.7 Å². The predicted octanol–water partition coefficient (Wildman–Crippen LogP) is 14.7. The number of hydrogen-bond acceptors (Lipinski definition) is 27. The van der Waals surface area contributed by atoms with Crippen LogP contribution in [-0.2, 0) is 56.8 Å². The molecule has 0 aliphatic heterocycles. The number of phenols is 2. The third kappa shape index (κ3) is 53.7. The number of aliphatic hydroxyl groups is 6. The van der Waals surface area contributed by atoms with E-state index in [0.29, 0.717) is 74.9 Å². The molecule has 4 aromatic carbocycles. The third-order valence-corrected chi connectivity index (χ3v) is 19.4. The van der Waals surface area contributed by atoms with E-state index in [1.54, 1.807) is 36.4 Å². The van der Waals surface area contributed by atoms with E-state index in [1.807, 2.05) is 0 Å². The summed E-state index contributed by atoms with van der Waals surface area (Å²) in [7, 11) is -10.1. The van der Waals surface area contributed by atoms with Crippen LogP contribution in [-0.4, -0.2) is 213 Å². The number of para-hydroxylation sites is 2. The van der Waals surface area contributed by atoms with Crippen LogP contribution in [0.3, 0.4) is 0 Å². The minimum absolute atomic E-state index is 0. The minimum Gasteiger partial charge on any atom is -0.504 e. The van der Waals surface area contributed by atoms with Gasteiger partial charge in [0.2, 0.25) is 0 Å². The number of azo groups is 2. The molecule has 33 nitrogen and oxygen atoms in total. The number of Topliss-reactive ketones (excluding diaryl/α,β-unsaturated/α-hetero) is 2. The molecule has 0 aliphatic carbocycles. The molecule has 0 atom stereocenters. The fourth-order valence-corrected chi connectivity index (χ4v) is 12.7. The van der Waals surface area contributed by atoms with E-state index in [2.05, 4.69) is 66.6 Å². The average molecular weight is 1720 g/mol. The molecular weight excluding hydrogens is 1580 g/mol. The van der Waals surface area contributed by atoms with Crippen LogP contribution in [0.25, 0.3) is 0 Å². The maximum Gasteiger partial charge on any atom is 1.00 e. The summed E-state index contributed by atoms with van der Waals surface area (Å²) in [5.41, 5.74) is -2.47. The number of nitrogens with zero attached hydrogens (tertiary/aromatic N) is 9. The number of non-ortho nitro benzene ring substituents is 2. The Hall–Kier alpha value is -7.51. The molecular formula is C80H134CrN11O22S2+. The Labute approximate surface area is 701 Å². The molecule has 0 aliphatic rings. The Morgan fingerprint density at radius 2 is 0.621 bits per heavy atom. The molecule has 4 aromatic rings. The van der Waals surface area contributed by atoms with E-state index < -0.39 is 110 Å². The first-order valence-electron chi connectivity index (χ1n) is 40.2. The van der Waals surface area contributed by atoms with E-state index in [1.165, 1.54) is 217 Å². The summed E-state index contributed by atoms with van der Waals surface area (Å²) in [5.74, 6) is -5.83. The number of aliphatic hydroxyl groups excluding tert-OH is 6. The van der Waals surface area contributed by atoms with Gasteiger partial charge in [0.15, 0.2) is 11.5 Å². The number of ketones is 2. The molecule has 0 unspecified atom stereocenters. The van der Waals surface area contributed by atoms with Gasteiger partial charge in [0.1, 0.15) is 33.0 Å². The molecule has 0 spiro atoms. The molecule has 0 aromatic heterocycles. The molecule has 0 saturated carbocycles. The van der Waals surface area contributed by atoms with Crippen LogP contribution < -0.4 is 10.6 Å². The van der Waals surface area contributed by atoms with Crippen LogP contribution >= 0.6 is 0 Å². The van der Waals surface area contributed by atoms with Crippen molar-refractivity contribution in [3.63, 3.8) is 0 Å². The molecule has 12 N–H and O–H groups in total. The molecule has 658 valence electrons. The summed E-state index contributed by atoms with van der Waals surface area (Å²) in [4.78, 5) is 71.9. The maximum absolute atomic E-state index is 12.2. The zero-order valence-electron chi connectivity index (χ0n) is 71.5. The number of benzene rings is 4. The fourth-order valence-electron chi connectivity index (χ4n) is 11.4. The molecule has 0 radical (unpaired) electrons. The number of unbranched alkanes of at least 4 members (excludes halogenated alkanes) is 27. The average Bonchev–Trinajstić information content (AvgIpc) is 0.802. The summed E-state index contributed by atoms with van der Waals surface area (Å²) in [5, 5.41) is 114. The predicted molar refractivity (Wildman–Crippen MR) is 447 cm³/mol. The number of nitrogens with one attached hydrogen (secondary N) is 2. The van der Waals surface area contributed by atoms with E-state index in [9.17, 15) is 66.5 Å². The molecule has 0 heterocycles. The van der Waals surface area contributed by atoms with Crippen LogP contribution in [0.5, 0.6) is 11.5 Å². The fraction of sp³-hybridized carbons (Fsp3) is 0.625. The summed E-state index contributed by atoms with van der Waals surface area (Å²) < 4.78 is 63.5. The second-order valence-electron chi connectivity index (χ2n) is 27.4. The van der Waals surface area contributed by atoms with Crippen LogP contribution in [0.1, 0.15) is 232 Å². The van der Waals surface area contributed by atoms with Crippen LogP contribution in [0.2, 0.25) is 0 Å². The van der Waals surface area contributed by atoms with Gasteiger partial charge in [-0.05, 0) is 77.0 Å². The zero-order valence-corrected chi connectivity index (χ0v) is 71.4. The number of nitro benzene ring substituents is 2. The molecule has 36 heteroatoms. The quantitative estimate of drug-likeness (QED) is 0.00371. The first-order chi connectivity index (χ1) is 55.0. The van der Waals surface area contributed by atoms with Crippen molar-refractivity contribution in [2.45, 2.75) is 237 Å². The van der Waals surface area contributed by atoms with Crippen molar-refractivity contribution in [3.05, 3.63) is 117 Å². The number of rotatable bonds is 59. The smallest absolute Gasteiger partial charge is 0.504 e. The Morgan fingerprint density at radius 1 is 0.397 bits per heavy atom. The van der Waals surface area contributed by atoms with Crippen molar-refractivity contribution in [3.8, 4) is 11.5 Å². The van der Waals surface area contributed by atoms with Crippen molar-refractivity contribution in [2.75, 3.05) is 109 Å². The van der Waals surface area contributed by atoms with Gasteiger partial charge in [0.25, 0.3) is 31.6 Å². The van der Waals surface area contributed by atoms with Gasteiger partial charge in [0.05, 0.1) is 49.5 Å². The molecule has 0 fully saturated rings. The maximum atomic E-state index is 12.2. The number of amides is 2. The second kappa shape index (κ2) is 69.4. The van der Waals surface area contributed by atoms with Crippen LogP contribution in [0.4, 0.5) is 34.1 Å². The normalized spacial score (nSPS) is 11.2. The van der Waals surface area contributed by atoms with Gasteiger partial charge in [-0.15, -0.1) is 12.1 Å². The number of aromatic hydroxyl groups is 2. The summed E-state index contributed by atoms with van der Waals surface area (Å²) in [6.45, 7) is 17.1. The zero-order chi connectivity index (χ0) is 86.1. The number of anilines is 2. The van der Waals surface area contributed by atoms with Gasteiger partial charge < -0.3 is 80.9 Å². The summed E-state index contributed by atoms with van der Waals surface area (Å²) in [6, 6.07) is 16.8. The largest absolute Gasteiger partial charge is 1.00 e. The molecule has 4 rings (SSSR count). The van der Waals surface area contributed by atoms with Crippen LogP contribution in [0.15, 0.2) is 115 Å². The van der Waals surface area contributed by atoms with Gasteiger partial charge in [-0.3, -0.25) is 44.0 Å². The Bertz CT molecular complexity index is 3340. The van der Waals surface area contributed by atoms with E-state index in [-0.39, 0.29) is 61.3 Å². The summed E-state index contributed by atoms with van der Waals surface area (Å²) in [6.07, 6.45) is 40.5. The van der Waals surface area contributed by atoms with Gasteiger partial charge in [0, 0.05) is 104 Å². The third-order valence-electron chi connectivity index (χ3n) is 17.7. The van der Waals surface area contributed by atoms with Crippen molar-refractivity contribution < 1.29 is 117 Å². The van der Waals surface area contributed by atoms with Crippen molar-refractivity contribution in [1.82, 2.24) is 14.7 Å². The number of carbonyl (C=O) groups excluding carboxylic acids is 4. The Kier molecular flexibility index (Phi) is 66.2. The summed E-state index contributed by atoms with van der Waals surface area (Å²) >= 11 is 0. The van der Waals surface area contributed by atoms with Crippen molar-refractivity contribution in [2.24, 2.45) is 20.5 Å². The molecule has 0 saturated heterocycles. The van der Waals surface area contributed by atoms with Crippen LogP contribution in [0, 0.1) is 32.3 Å². The SMILES string of the molecule is CC(=O)[C-](N=Nc1cc([N+](=O)[O-])cc(S(=O)(=O)O)c1O)C(=O)Nc1ccccc1.CC(=O)[C-](N=Nc1cc([N+](=O)[O-])cc(S(=O)(=O)O)c1O)C(=O)Nc1ccccc1.CCCCCCCCCCCCN(CCO)CCO.CCCCCCCCCCCCN(CCO)CCO.CCCCCCCCCCCCN(CCO)CCO.[Cr].[H+].[H+].[H+]. The number of phenolic OH excluding ortho intramolecular Hbond substituents is 2. The molecule has 116 heavy (non-hydrogen) atoms. The van der Waals surface area contributed by atoms with Gasteiger partial charge >= 0.3 is 4.28 Å². The standard InChI is InChI=1S/2C16H13N4O8S.3C16H35NO2.Cr/c2*1-9(21)14(16(23)17-10-5-3-2-4-6-10)19-18-12-7-11(20(24)25)8-13(15(12)22)29(26,27)28;3*1-2-3-4-5-6-7-8-9-10-11-12-17(13-15-18)14-16-19;/h2*2-8,22H,1H3,(H,17,23)(H,26,27,28);3*18-19H,2-16H2,1H3;/q2*-1;;;;/p+3. The van der Waals surface area contributed by atoms with Crippen molar-refractivity contribution in [1.29, 1.82) is 0 Å². The minimum atomic E-state index is -5.03. The number of hydrogen-bond donors (Lipinski definition) is 12. The Balaban J connectivity index is -0.000000459. The topological polar surface area (TPSA) is 508 Å². The first-order valence-corrected chi connectivity index (χ1v) is 43.1. The number of nitro groups is 2. The van der Waals surface area contributed by atoms with Gasteiger partial charge in [-0.1, -0.05) is 231 Å². The first kappa shape index (κ1) is 111. The monoisotopic (exact) mass is 1720 g/mol. The molecule has 2 amide bonds. The van der Waals surface area contributed by atoms with E-state index in [0.717, 1.165) is 33.5 Å². The second-order valence-corrected chi connectivity index (χ2v) is 30.1. The molecule has 0 bridgehead atoms. The number of carbonyl (C=O) groups is 4. The Morgan fingerprint density at radius 3 is 0.819 bits per heavy atom.